The van der Waals surface area contributed by atoms with Crippen LogP contribution >= 0.6 is 0 Å². The highest BCUT2D eigenvalue weighted by Crippen LogP contribution is 2.22. The van der Waals surface area contributed by atoms with Crippen molar-refractivity contribution in [2.75, 3.05) is 26.3 Å². The Morgan fingerprint density at radius 3 is 2.68 bits per heavy atom. The van der Waals surface area contributed by atoms with Crippen molar-refractivity contribution in [3.63, 3.8) is 0 Å². The number of ether oxygens (including phenoxy) is 2. The summed E-state index contributed by atoms with van der Waals surface area (Å²) in [6.45, 7) is 8.38. The van der Waals surface area contributed by atoms with Crippen molar-refractivity contribution < 1.29 is 14.3 Å². The van der Waals surface area contributed by atoms with Gasteiger partial charge in [0.1, 0.15) is 5.75 Å². The maximum Gasteiger partial charge on any atom is 0.263 e. The monoisotopic (exact) mass is 263 g/mol. The van der Waals surface area contributed by atoms with Crippen LogP contribution in [0.2, 0.25) is 0 Å². The zero-order valence-corrected chi connectivity index (χ0v) is 11.8. The molecule has 0 saturated carbocycles. The van der Waals surface area contributed by atoms with Gasteiger partial charge < -0.3 is 14.4 Å². The van der Waals surface area contributed by atoms with Gasteiger partial charge in [-0.2, -0.15) is 0 Å². The van der Waals surface area contributed by atoms with Gasteiger partial charge in [-0.1, -0.05) is 12.1 Å². The van der Waals surface area contributed by atoms with Crippen LogP contribution < -0.4 is 4.74 Å². The number of carbonyl (C=O) groups excluding carboxylic acids is 1. The minimum absolute atomic E-state index is 0.0317. The molecule has 0 aliphatic carbocycles. The van der Waals surface area contributed by atoms with Crippen molar-refractivity contribution in [2.24, 2.45) is 0 Å². The van der Waals surface area contributed by atoms with Crippen LogP contribution in [0.25, 0.3) is 0 Å². The molecule has 0 spiro atoms. The number of aryl methyl sites for hydroxylation is 1. The third-order valence-electron chi connectivity index (χ3n) is 3.53. The van der Waals surface area contributed by atoms with Gasteiger partial charge in [0.25, 0.3) is 5.91 Å². The molecule has 1 unspecified atom stereocenters. The molecular formula is C15H21NO3. The highest BCUT2D eigenvalue weighted by molar-refractivity contribution is 5.81. The van der Waals surface area contributed by atoms with Gasteiger partial charge in [-0.15, -0.1) is 0 Å². The van der Waals surface area contributed by atoms with E-state index in [1.807, 2.05) is 32.0 Å². The Bertz CT molecular complexity index is 453. The van der Waals surface area contributed by atoms with Gasteiger partial charge >= 0.3 is 0 Å². The molecule has 0 radical (unpaired) electrons. The lowest BCUT2D eigenvalue weighted by Gasteiger charge is -2.29. The van der Waals surface area contributed by atoms with Crippen LogP contribution in [0.15, 0.2) is 18.2 Å². The van der Waals surface area contributed by atoms with Crippen LogP contribution in [-0.2, 0) is 9.53 Å². The molecular weight excluding hydrogens is 242 g/mol. The molecule has 19 heavy (non-hydrogen) atoms. The van der Waals surface area contributed by atoms with E-state index >= 15 is 0 Å². The first-order chi connectivity index (χ1) is 9.09. The number of carbonyl (C=O) groups is 1. The Morgan fingerprint density at radius 2 is 2.00 bits per heavy atom. The van der Waals surface area contributed by atoms with Gasteiger partial charge in [-0.25, -0.2) is 0 Å². The molecule has 104 valence electrons. The van der Waals surface area contributed by atoms with E-state index in [0.717, 1.165) is 11.3 Å². The zero-order chi connectivity index (χ0) is 13.8. The molecule has 4 nitrogen and oxygen atoms in total. The summed E-state index contributed by atoms with van der Waals surface area (Å²) in [7, 11) is 0. The highest BCUT2D eigenvalue weighted by atomic mass is 16.5. The molecule has 1 aliphatic rings. The maximum absolute atomic E-state index is 12.2. The Morgan fingerprint density at radius 1 is 1.32 bits per heavy atom. The average molecular weight is 263 g/mol. The van der Waals surface area contributed by atoms with Gasteiger partial charge in [-0.3, -0.25) is 4.79 Å². The van der Waals surface area contributed by atoms with E-state index in [2.05, 4.69) is 0 Å². The Hall–Kier alpha value is -1.55. The van der Waals surface area contributed by atoms with Crippen LogP contribution in [0.4, 0.5) is 0 Å². The van der Waals surface area contributed by atoms with E-state index in [-0.39, 0.29) is 5.91 Å². The second-order valence-corrected chi connectivity index (χ2v) is 4.90. The molecule has 4 heteroatoms. The first kappa shape index (κ1) is 13.9. The van der Waals surface area contributed by atoms with Gasteiger partial charge in [0.15, 0.2) is 6.10 Å². The van der Waals surface area contributed by atoms with E-state index in [9.17, 15) is 4.79 Å². The van der Waals surface area contributed by atoms with Crippen molar-refractivity contribution >= 4 is 5.91 Å². The number of morpholine rings is 1. The van der Waals surface area contributed by atoms with Crippen molar-refractivity contribution in [2.45, 2.75) is 26.9 Å². The summed E-state index contributed by atoms with van der Waals surface area (Å²) in [5, 5.41) is 0. The smallest absolute Gasteiger partial charge is 0.263 e. The third kappa shape index (κ3) is 3.26. The number of amides is 1. The molecule has 1 aliphatic heterocycles. The Balaban J connectivity index is 2.01. The highest BCUT2D eigenvalue weighted by Gasteiger charge is 2.24. The first-order valence-electron chi connectivity index (χ1n) is 6.69. The standard InChI is InChI=1S/C15H21NO3/c1-11-5-4-6-14(12(11)2)19-13(3)15(17)16-7-9-18-10-8-16/h4-6,13H,7-10H2,1-3H3. The second-order valence-electron chi connectivity index (χ2n) is 4.90. The molecule has 2 rings (SSSR count). The lowest BCUT2D eigenvalue weighted by molar-refractivity contribution is -0.142. The van der Waals surface area contributed by atoms with Crippen LogP contribution in [0.3, 0.4) is 0 Å². The fourth-order valence-corrected chi connectivity index (χ4v) is 2.13. The summed E-state index contributed by atoms with van der Waals surface area (Å²) in [5.41, 5.74) is 2.26. The molecule has 1 aromatic carbocycles. The number of benzene rings is 1. The van der Waals surface area contributed by atoms with Crippen molar-refractivity contribution in [3.8, 4) is 5.75 Å². The van der Waals surface area contributed by atoms with Crippen LogP contribution in [-0.4, -0.2) is 43.2 Å². The second kappa shape index (κ2) is 6.06. The average Bonchev–Trinajstić information content (AvgIpc) is 2.44. The first-order valence-corrected chi connectivity index (χ1v) is 6.69. The predicted molar refractivity (Wildman–Crippen MR) is 73.4 cm³/mol. The van der Waals surface area contributed by atoms with Crippen LogP contribution in [0.1, 0.15) is 18.1 Å². The van der Waals surface area contributed by atoms with Gasteiger partial charge in [0.05, 0.1) is 13.2 Å². The van der Waals surface area contributed by atoms with Crippen molar-refractivity contribution in [1.29, 1.82) is 0 Å². The minimum atomic E-state index is -0.460. The van der Waals surface area contributed by atoms with Gasteiger partial charge in [0.2, 0.25) is 0 Å². The fourth-order valence-electron chi connectivity index (χ4n) is 2.13. The fraction of sp³-hybridized carbons (Fsp3) is 0.533. The summed E-state index contributed by atoms with van der Waals surface area (Å²) in [4.78, 5) is 14.0. The van der Waals surface area contributed by atoms with E-state index in [1.54, 1.807) is 11.8 Å². The summed E-state index contributed by atoms with van der Waals surface area (Å²) in [6, 6.07) is 5.89. The summed E-state index contributed by atoms with van der Waals surface area (Å²) < 4.78 is 11.1. The quantitative estimate of drug-likeness (QED) is 0.836. The number of hydrogen-bond donors (Lipinski definition) is 0. The van der Waals surface area contributed by atoms with E-state index in [1.165, 1.54) is 5.56 Å². The van der Waals surface area contributed by atoms with Crippen molar-refractivity contribution in [3.05, 3.63) is 29.3 Å². The molecule has 1 atom stereocenters. The lowest BCUT2D eigenvalue weighted by Crippen LogP contribution is -2.46. The predicted octanol–water partition coefficient (Wildman–Crippen LogP) is 1.93. The Labute approximate surface area is 114 Å². The van der Waals surface area contributed by atoms with Gasteiger partial charge in [0, 0.05) is 13.1 Å². The normalized spacial score (nSPS) is 17.1. The topological polar surface area (TPSA) is 38.8 Å². The third-order valence-corrected chi connectivity index (χ3v) is 3.53. The van der Waals surface area contributed by atoms with Crippen LogP contribution in [0.5, 0.6) is 5.75 Å². The maximum atomic E-state index is 12.2. The molecule has 0 N–H and O–H groups in total. The SMILES string of the molecule is Cc1cccc(OC(C)C(=O)N2CCOCC2)c1C. The molecule has 0 bridgehead atoms. The zero-order valence-electron chi connectivity index (χ0n) is 11.8. The van der Waals surface area contributed by atoms with E-state index < -0.39 is 6.10 Å². The summed E-state index contributed by atoms with van der Waals surface area (Å²) >= 11 is 0. The largest absolute Gasteiger partial charge is 0.481 e. The van der Waals surface area contributed by atoms with E-state index in [4.69, 9.17) is 9.47 Å². The molecule has 1 aromatic rings. The summed E-state index contributed by atoms with van der Waals surface area (Å²) in [6.07, 6.45) is -0.460. The molecule has 1 heterocycles. The van der Waals surface area contributed by atoms with Crippen LogP contribution in [0, 0.1) is 13.8 Å². The number of hydrogen-bond acceptors (Lipinski definition) is 3. The summed E-state index contributed by atoms with van der Waals surface area (Å²) in [5.74, 6) is 0.818. The lowest BCUT2D eigenvalue weighted by atomic mass is 10.1. The molecule has 1 fully saturated rings. The molecule has 1 saturated heterocycles. The number of rotatable bonds is 3. The van der Waals surface area contributed by atoms with Gasteiger partial charge in [-0.05, 0) is 38.0 Å². The van der Waals surface area contributed by atoms with Crippen molar-refractivity contribution in [1.82, 2.24) is 4.90 Å². The molecule has 1 amide bonds. The minimum Gasteiger partial charge on any atom is -0.481 e. The molecule has 0 aromatic heterocycles. The Kier molecular flexibility index (Phi) is 4.43. The van der Waals surface area contributed by atoms with E-state index in [0.29, 0.717) is 26.3 Å². The number of nitrogens with zero attached hydrogens (tertiary/aromatic N) is 1.